The van der Waals surface area contributed by atoms with Crippen LogP contribution in [0, 0.1) is 0 Å². The van der Waals surface area contributed by atoms with Gasteiger partial charge in [0.05, 0.1) is 17.4 Å². The molecule has 0 amide bonds. The molecule has 12 heavy (non-hydrogen) atoms. The summed E-state index contributed by atoms with van der Waals surface area (Å²) in [5.74, 6) is 0.740. The molecule has 4 heteroatoms. The summed E-state index contributed by atoms with van der Waals surface area (Å²) in [6.45, 7) is 1.78. The lowest BCUT2D eigenvalue weighted by Crippen LogP contribution is -2.20. The van der Waals surface area contributed by atoms with E-state index in [0.29, 0.717) is 5.02 Å². The van der Waals surface area contributed by atoms with E-state index in [4.69, 9.17) is 11.6 Å². The third kappa shape index (κ3) is 1.41. The molecule has 0 bridgehead atoms. The SMILES string of the molecule is Clc1cnc(N2CC=CC2)nc1. The second-order valence-corrected chi connectivity index (χ2v) is 3.01. The maximum Gasteiger partial charge on any atom is 0.225 e. The molecule has 0 aromatic carbocycles. The second kappa shape index (κ2) is 3.11. The van der Waals surface area contributed by atoms with Crippen LogP contribution in [0.5, 0.6) is 0 Å². The minimum Gasteiger partial charge on any atom is -0.333 e. The third-order valence-corrected chi connectivity index (χ3v) is 1.90. The molecule has 0 fully saturated rings. The molecule has 2 rings (SSSR count). The fourth-order valence-corrected chi connectivity index (χ4v) is 1.21. The Kier molecular flexibility index (Phi) is 1.96. The highest BCUT2D eigenvalue weighted by molar-refractivity contribution is 6.30. The number of halogens is 1. The number of hydrogen-bond donors (Lipinski definition) is 0. The van der Waals surface area contributed by atoms with Gasteiger partial charge in [-0.25, -0.2) is 9.97 Å². The Morgan fingerprint density at radius 1 is 1.17 bits per heavy atom. The molecular formula is C8H8ClN3. The van der Waals surface area contributed by atoms with E-state index < -0.39 is 0 Å². The molecule has 2 heterocycles. The van der Waals surface area contributed by atoms with E-state index in [1.165, 1.54) is 0 Å². The van der Waals surface area contributed by atoms with Crippen LogP contribution in [0.1, 0.15) is 0 Å². The first-order valence-electron chi connectivity index (χ1n) is 3.74. The molecule has 1 aromatic heterocycles. The summed E-state index contributed by atoms with van der Waals surface area (Å²) in [5.41, 5.74) is 0. The molecule has 1 aliphatic heterocycles. The molecule has 0 radical (unpaired) electrons. The molecule has 3 nitrogen and oxygen atoms in total. The van der Waals surface area contributed by atoms with Crippen molar-refractivity contribution in [3.05, 3.63) is 29.6 Å². The largest absolute Gasteiger partial charge is 0.333 e. The van der Waals surface area contributed by atoms with Crippen LogP contribution < -0.4 is 4.90 Å². The maximum absolute atomic E-state index is 5.66. The van der Waals surface area contributed by atoms with Crippen LogP contribution in [0.4, 0.5) is 5.95 Å². The zero-order valence-corrected chi connectivity index (χ0v) is 7.20. The van der Waals surface area contributed by atoms with Crippen molar-refractivity contribution < 1.29 is 0 Å². The lowest BCUT2D eigenvalue weighted by Gasteiger charge is -2.13. The van der Waals surface area contributed by atoms with Gasteiger partial charge in [0.2, 0.25) is 5.95 Å². The summed E-state index contributed by atoms with van der Waals surface area (Å²) in [6.07, 6.45) is 7.42. The number of nitrogens with zero attached hydrogens (tertiary/aromatic N) is 3. The van der Waals surface area contributed by atoms with Crippen LogP contribution in [0.15, 0.2) is 24.5 Å². The van der Waals surface area contributed by atoms with Crippen LogP contribution in [0.3, 0.4) is 0 Å². The van der Waals surface area contributed by atoms with Crippen molar-refractivity contribution in [1.82, 2.24) is 9.97 Å². The van der Waals surface area contributed by atoms with E-state index in [0.717, 1.165) is 19.0 Å². The molecule has 1 aliphatic rings. The van der Waals surface area contributed by atoms with Gasteiger partial charge in [-0.1, -0.05) is 23.8 Å². The van der Waals surface area contributed by atoms with Gasteiger partial charge in [-0.15, -0.1) is 0 Å². The molecule has 62 valence electrons. The van der Waals surface area contributed by atoms with E-state index in [1.807, 2.05) is 0 Å². The molecule has 0 N–H and O–H groups in total. The Balaban J connectivity index is 2.18. The normalized spacial score (nSPS) is 15.6. The smallest absolute Gasteiger partial charge is 0.225 e. The first-order chi connectivity index (χ1) is 5.86. The summed E-state index contributed by atoms with van der Waals surface area (Å²) in [6, 6.07) is 0. The molecule has 0 aliphatic carbocycles. The highest BCUT2D eigenvalue weighted by Gasteiger charge is 2.09. The van der Waals surface area contributed by atoms with Gasteiger partial charge >= 0.3 is 0 Å². The van der Waals surface area contributed by atoms with Gasteiger partial charge in [0.1, 0.15) is 0 Å². The molecule has 1 aromatic rings. The van der Waals surface area contributed by atoms with Crippen molar-refractivity contribution in [1.29, 1.82) is 0 Å². The fraction of sp³-hybridized carbons (Fsp3) is 0.250. The fourth-order valence-electron chi connectivity index (χ4n) is 1.11. The highest BCUT2D eigenvalue weighted by Crippen LogP contribution is 2.12. The topological polar surface area (TPSA) is 29.0 Å². The van der Waals surface area contributed by atoms with Crippen molar-refractivity contribution in [2.24, 2.45) is 0 Å². The molecule has 0 unspecified atom stereocenters. The average Bonchev–Trinajstić information content (AvgIpc) is 2.58. The van der Waals surface area contributed by atoms with Crippen molar-refractivity contribution in [2.45, 2.75) is 0 Å². The molecule has 0 atom stereocenters. The summed E-state index contributed by atoms with van der Waals surface area (Å²) in [7, 11) is 0. The second-order valence-electron chi connectivity index (χ2n) is 2.58. The predicted molar refractivity (Wildman–Crippen MR) is 48.4 cm³/mol. The number of rotatable bonds is 1. The van der Waals surface area contributed by atoms with E-state index in [9.17, 15) is 0 Å². The van der Waals surface area contributed by atoms with E-state index in [1.54, 1.807) is 12.4 Å². The van der Waals surface area contributed by atoms with E-state index in [-0.39, 0.29) is 0 Å². The molecular weight excluding hydrogens is 174 g/mol. The Hall–Kier alpha value is -1.09. The van der Waals surface area contributed by atoms with Crippen molar-refractivity contribution in [3.8, 4) is 0 Å². The standard InChI is InChI=1S/C8H8ClN3/c9-7-5-10-8(11-6-7)12-3-1-2-4-12/h1-2,5-6H,3-4H2. The maximum atomic E-state index is 5.66. The van der Waals surface area contributed by atoms with Crippen molar-refractivity contribution in [3.63, 3.8) is 0 Å². The Morgan fingerprint density at radius 3 is 2.33 bits per heavy atom. The minimum absolute atomic E-state index is 0.575. The highest BCUT2D eigenvalue weighted by atomic mass is 35.5. The quantitative estimate of drug-likeness (QED) is 0.615. The van der Waals surface area contributed by atoms with Gasteiger partial charge in [0, 0.05) is 13.1 Å². The number of anilines is 1. The molecule has 0 spiro atoms. The average molecular weight is 182 g/mol. The van der Waals surface area contributed by atoms with Crippen molar-refractivity contribution in [2.75, 3.05) is 18.0 Å². The van der Waals surface area contributed by atoms with Crippen LogP contribution in [-0.4, -0.2) is 23.1 Å². The van der Waals surface area contributed by atoms with Crippen LogP contribution >= 0.6 is 11.6 Å². The Morgan fingerprint density at radius 2 is 1.75 bits per heavy atom. The van der Waals surface area contributed by atoms with E-state index >= 15 is 0 Å². The zero-order valence-electron chi connectivity index (χ0n) is 6.44. The number of aromatic nitrogens is 2. The Bertz CT molecular complexity index is 286. The van der Waals surface area contributed by atoms with E-state index in [2.05, 4.69) is 27.0 Å². The summed E-state index contributed by atoms with van der Waals surface area (Å²) < 4.78 is 0. The molecule has 0 saturated heterocycles. The first-order valence-corrected chi connectivity index (χ1v) is 4.11. The van der Waals surface area contributed by atoms with Gasteiger partial charge < -0.3 is 4.90 Å². The first kappa shape index (κ1) is 7.55. The van der Waals surface area contributed by atoms with Gasteiger partial charge in [0.15, 0.2) is 0 Å². The minimum atomic E-state index is 0.575. The van der Waals surface area contributed by atoms with Crippen LogP contribution in [0.2, 0.25) is 5.02 Å². The van der Waals surface area contributed by atoms with Gasteiger partial charge in [0.25, 0.3) is 0 Å². The third-order valence-electron chi connectivity index (χ3n) is 1.71. The summed E-state index contributed by atoms with van der Waals surface area (Å²) in [4.78, 5) is 10.3. The summed E-state index contributed by atoms with van der Waals surface area (Å²) >= 11 is 5.66. The molecule has 0 saturated carbocycles. The van der Waals surface area contributed by atoms with Gasteiger partial charge in [-0.05, 0) is 0 Å². The lowest BCUT2D eigenvalue weighted by molar-refractivity contribution is 0.924. The summed E-state index contributed by atoms with van der Waals surface area (Å²) in [5, 5.41) is 0.575. The Labute approximate surface area is 75.7 Å². The monoisotopic (exact) mass is 181 g/mol. The van der Waals surface area contributed by atoms with Crippen LogP contribution in [0.25, 0.3) is 0 Å². The number of hydrogen-bond acceptors (Lipinski definition) is 3. The van der Waals surface area contributed by atoms with Crippen LogP contribution in [-0.2, 0) is 0 Å². The lowest BCUT2D eigenvalue weighted by atomic mass is 10.6. The zero-order chi connectivity index (χ0) is 8.39. The predicted octanol–water partition coefficient (Wildman–Crippen LogP) is 1.51. The van der Waals surface area contributed by atoms with Crippen molar-refractivity contribution >= 4 is 17.5 Å². The van der Waals surface area contributed by atoms with Gasteiger partial charge in [-0.3, -0.25) is 0 Å². The van der Waals surface area contributed by atoms with Gasteiger partial charge in [-0.2, -0.15) is 0 Å².